The number of amides is 1. The molecule has 0 saturated heterocycles. The summed E-state index contributed by atoms with van der Waals surface area (Å²) in [5.41, 5.74) is 2.24. The number of nitrogens with zero attached hydrogens (tertiary/aromatic N) is 1. The molecular formula is C24H22Cl2N2O5S2. The molecule has 0 fully saturated rings. The summed E-state index contributed by atoms with van der Waals surface area (Å²) < 4.78 is 33.0. The Morgan fingerprint density at radius 3 is 2.37 bits per heavy atom. The number of benzene rings is 2. The van der Waals surface area contributed by atoms with E-state index in [4.69, 9.17) is 27.9 Å². The Labute approximate surface area is 217 Å². The van der Waals surface area contributed by atoms with Gasteiger partial charge in [0.05, 0.1) is 23.3 Å². The van der Waals surface area contributed by atoms with Crippen LogP contribution >= 0.6 is 34.5 Å². The third-order valence-electron chi connectivity index (χ3n) is 5.60. The van der Waals surface area contributed by atoms with Gasteiger partial charge in [0.25, 0.3) is 10.0 Å². The minimum absolute atomic E-state index is 0.0114. The lowest BCUT2D eigenvalue weighted by molar-refractivity contribution is -0.114. The van der Waals surface area contributed by atoms with Crippen LogP contribution in [-0.4, -0.2) is 33.9 Å². The maximum Gasteiger partial charge on any atom is 0.341 e. The van der Waals surface area contributed by atoms with Crippen LogP contribution in [0.25, 0.3) is 0 Å². The van der Waals surface area contributed by atoms with Crippen LogP contribution in [0.3, 0.4) is 0 Å². The summed E-state index contributed by atoms with van der Waals surface area (Å²) in [6.07, 6.45) is 2.47. The number of carbonyl (C=O) groups is 2. The average Bonchev–Trinajstić information content (AvgIpc) is 3.37. The van der Waals surface area contributed by atoms with Gasteiger partial charge in [0.1, 0.15) is 11.5 Å². The van der Waals surface area contributed by atoms with E-state index in [0.717, 1.165) is 39.6 Å². The number of halogens is 2. The Hall–Kier alpha value is -2.59. The summed E-state index contributed by atoms with van der Waals surface area (Å²) in [5, 5.41) is 3.52. The first-order valence-electron chi connectivity index (χ1n) is 10.7. The number of thiophene rings is 1. The molecule has 2 aromatic carbocycles. The van der Waals surface area contributed by atoms with Crippen LogP contribution in [0.15, 0.2) is 47.4 Å². The van der Waals surface area contributed by atoms with Crippen molar-refractivity contribution in [1.29, 1.82) is 0 Å². The number of hydrogen-bond acceptors (Lipinski definition) is 6. The molecule has 0 radical (unpaired) electrons. The van der Waals surface area contributed by atoms with E-state index in [1.54, 1.807) is 12.1 Å². The predicted molar refractivity (Wildman–Crippen MR) is 138 cm³/mol. The van der Waals surface area contributed by atoms with Crippen LogP contribution in [0.1, 0.15) is 32.8 Å². The molecule has 1 heterocycles. The van der Waals surface area contributed by atoms with E-state index in [1.165, 1.54) is 48.8 Å². The van der Waals surface area contributed by atoms with Gasteiger partial charge in [-0.1, -0.05) is 40.9 Å². The van der Waals surface area contributed by atoms with Crippen molar-refractivity contribution in [2.45, 2.75) is 31.1 Å². The van der Waals surface area contributed by atoms with Gasteiger partial charge in [-0.15, -0.1) is 11.3 Å². The van der Waals surface area contributed by atoms with Crippen LogP contribution in [0.5, 0.6) is 0 Å². The summed E-state index contributed by atoms with van der Waals surface area (Å²) in [4.78, 5) is 26.6. The Bertz CT molecular complexity index is 1380. The van der Waals surface area contributed by atoms with E-state index in [-0.39, 0.29) is 20.6 Å². The smallest absolute Gasteiger partial charge is 0.341 e. The number of rotatable bonds is 7. The van der Waals surface area contributed by atoms with Gasteiger partial charge < -0.3 is 10.1 Å². The highest BCUT2D eigenvalue weighted by Crippen LogP contribution is 2.39. The fraction of sp³-hybridized carbons (Fsp3) is 0.250. The molecule has 1 N–H and O–H groups in total. The third-order valence-corrected chi connectivity index (χ3v) is 9.03. The Balaban J connectivity index is 1.70. The highest BCUT2D eigenvalue weighted by molar-refractivity contribution is 7.92. The van der Waals surface area contributed by atoms with Gasteiger partial charge in [-0.25, -0.2) is 13.2 Å². The molecule has 0 saturated carbocycles. The minimum Gasteiger partial charge on any atom is -0.465 e. The van der Waals surface area contributed by atoms with Crippen molar-refractivity contribution in [1.82, 2.24) is 0 Å². The van der Waals surface area contributed by atoms with Gasteiger partial charge in [0.15, 0.2) is 0 Å². The van der Waals surface area contributed by atoms with Gasteiger partial charge in [0.2, 0.25) is 5.91 Å². The standard InChI is InChI=1S/C24H22Cl2N2O5S2/c1-14-6-8-18(9-7-14)35(31,32)28(17-11-15(25)10-16(26)12-17)13-21(29)27-23-22(24(30)33-2)19-4-3-5-20(19)34-23/h6-12H,3-5,13H2,1-2H3,(H,27,29). The summed E-state index contributed by atoms with van der Waals surface area (Å²) >= 11 is 13.6. The van der Waals surface area contributed by atoms with E-state index in [1.807, 2.05) is 6.92 Å². The van der Waals surface area contributed by atoms with Gasteiger partial charge in [-0.05, 0) is 62.1 Å². The van der Waals surface area contributed by atoms with Crippen LogP contribution in [-0.2, 0) is 32.4 Å². The summed E-state index contributed by atoms with van der Waals surface area (Å²) in [6, 6.07) is 10.6. The molecule has 11 heteroatoms. The van der Waals surface area contributed by atoms with Crippen LogP contribution in [0.2, 0.25) is 10.0 Å². The number of methoxy groups -OCH3 is 1. The zero-order chi connectivity index (χ0) is 25.3. The normalized spacial score (nSPS) is 12.8. The first kappa shape index (κ1) is 25.5. The van der Waals surface area contributed by atoms with Gasteiger partial charge in [-0.3, -0.25) is 9.10 Å². The molecule has 184 valence electrons. The SMILES string of the molecule is COC(=O)c1c(NC(=O)CN(c2cc(Cl)cc(Cl)c2)S(=O)(=O)c2ccc(C)cc2)sc2c1CCC2. The molecule has 4 rings (SSSR count). The van der Waals surface area contributed by atoms with E-state index < -0.39 is 28.4 Å². The summed E-state index contributed by atoms with van der Waals surface area (Å²) in [5.74, 6) is -1.16. The van der Waals surface area contributed by atoms with Crippen molar-refractivity contribution < 1.29 is 22.7 Å². The topological polar surface area (TPSA) is 92.8 Å². The van der Waals surface area contributed by atoms with Gasteiger partial charge in [-0.2, -0.15) is 0 Å². The van der Waals surface area contributed by atoms with Crippen LogP contribution in [0, 0.1) is 6.92 Å². The Morgan fingerprint density at radius 2 is 1.74 bits per heavy atom. The quantitative estimate of drug-likeness (QED) is 0.392. The van der Waals surface area contributed by atoms with Crippen LogP contribution < -0.4 is 9.62 Å². The molecule has 3 aromatic rings. The molecule has 7 nitrogen and oxygen atoms in total. The number of nitrogens with one attached hydrogen (secondary N) is 1. The Kier molecular flexibility index (Phi) is 7.42. The maximum atomic E-state index is 13.6. The Morgan fingerprint density at radius 1 is 1.09 bits per heavy atom. The van der Waals surface area contributed by atoms with E-state index in [9.17, 15) is 18.0 Å². The zero-order valence-electron chi connectivity index (χ0n) is 18.9. The number of fused-ring (bicyclic) bond motifs is 1. The average molecular weight is 553 g/mol. The number of sulfonamides is 1. The van der Waals surface area contributed by atoms with E-state index in [0.29, 0.717) is 10.6 Å². The van der Waals surface area contributed by atoms with Crippen LogP contribution in [0.4, 0.5) is 10.7 Å². The molecule has 35 heavy (non-hydrogen) atoms. The second-order valence-electron chi connectivity index (χ2n) is 8.05. The molecule has 0 aliphatic heterocycles. The zero-order valence-corrected chi connectivity index (χ0v) is 22.1. The lowest BCUT2D eigenvalue weighted by Gasteiger charge is -2.24. The van der Waals surface area contributed by atoms with Crippen molar-refractivity contribution >= 4 is 67.1 Å². The fourth-order valence-electron chi connectivity index (χ4n) is 3.94. The monoisotopic (exact) mass is 552 g/mol. The molecular weight excluding hydrogens is 531 g/mol. The predicted octanol–water partition coefficient (Wildman–Crippen LogP) is 5.47. The lowest BCUT2D eigenvalue weighted by atomic mass is 10.1. The fourth-order valence-corrected chi connectivity index (χ4v) is 7.16. The molecule has 1 aliphatic rings. The van der Waals surface area contributed by atoms with Crippen molar-refractivity contribution in [3.8, 4) is 0 Å². The molecule has 1 amide bonds. The van der Waals surface area contributed by atoms with Crippen molar-refractivity contribution in [3.05, 3.63) is 74.1 Å². The first-order valence-corrected chi connectivity index (χ1v) is 13.7. The number of ether oxygens (including phenoxy) is 1. The third kappa shape index (κ3) is 5.33. The molecule has 1 aromatic heterocycles. The largest absolute Gasteiger partial charge is 0.465 e. The highest BCUT2D eigenvalue weighted by Gasteiger charge is 2.31. The molecule has 1 aliphatic carbocycles. The summed E-state index contributed by atoms with van der Waals surface area (Å²) in [6.45, 7) is 1.28. The highest BCUT2D eigenvalue weighted by atomic mass is 35.5. The maximum absolute atomic E-state index is 13.6. The number of anilines is 2. The van der Waals surface area contributed by atoms with Crippen molar-refractivity contribution in [2.24, 2.45) is 0 Å². The van der Waals surface area contributed by atoms with Crippen molar-refractivity contribution in [3.63, 3.8) is 0 Å². The van der Waals surface area contributed by atoms with Gasteiger partial charge in [0, 0.05) is 14.9 Å². The van der Waals surface area contributed by atoms with E-state index in [2.05, 4.69) is 5.32 Å². The second-order valence-corrected chi connectivity index (χ2v) is 11.9. The number of aryl methyl sites for hydroxylation is 2. The number of esters is 1. The second kappa shape index (κ2) is 10.2. The molecule has 0 atom stereocenters. The number of carbonyl (C=O) groups excluding carboxylic acids is 2. The van der Waals surface area contributed by atoms with E-state index >= 15 is 0 Å². The van der Waals surface area contributed by atoms with Gasteiger partial charge >= 0.3 is 5.97 Å². The van der Waals surface area contributed by atoms with Crippen molar-refractivity contribution in [2.75, 3.05) is 23.3 Å². The lowest BCUT2D eigenvalue weighted by Crippen LogP contribution is -2.38. The number of hydrogen-bond donors (Lipinski definition) is 1. The molecule has 0 spiro atoms. The minimum atomic E-state index is -4.15. The molecule has 0 bridgehead atoms. The first-order chi connectivity index (χ1) is 16.6. The molecule has 0 unspecified atom stereocenters. The summed E-state index contributed by atoms with van der Waals surface area (Å²) in [7, 11) is -2.87.